The van der Waals surface area contributed by atoms with Crippen molar-refractivity contribution in [3.63, 3.8) is 0 Å². The zero-order valence-electron chi connectivity index (χ0n) is 10.6. The zero-order valence-corrected chi connectivity index (χ0v) is 11.4. The molecular formula is C14H15ClN2O. The number of aromatic nitrogens is 2. The van der Waals surface area contributed by atoms with E-state index in [-0.39, 0.29) is 11.1 Å². The lowest BCUT2D eigenvalue weighted by molar-refractivity contribution is 0.383. The molecule has 0 N–H and O–H groups in total. The molecule has 0 unspecified atom stereocenters. The molecule has 0 radical (unpaired) electrons. The minimum Gasteiger partial charge on any atom is -0.305 e. The quantitative estimate of drug-likeness (QED) is 0.790. The predicted molar refractivity (Wildman–Crippen MR) is 73.9 cm³/mol. The van der Waals surface area contributed by atoms with Crippen molar-refractivity contribution >= 4 is 11.6 Å². The van der Waals surface area contributed by atoms with Crippen LogP contribution in [0.4, 0.5) is 0 Å². The molecule has 0 saturated carbocycles. The van der Waals surface area contributed by atoms with Crippen molar-refractivity contribution in [2.24, 2.45) is 0 Å². The molecule has 18 heavy (non-hydrogen) atoms. The summed E-state index contributed by atoms with van der Waals surface area (Å²) in [5.41, 5.74) is 0.715. The van der Waals surface area contributed by atoms with Crippen LogP contribution in [0.3, 0.4) is 0 Å². The van der Waals surface area contributed by atoms with Gasteiger partial charge in [0.05, 0.1) is 0 Å². The van der Waals surface area contributed by atoms with E-state index in [1.165, 1.54) is 0 Å². The second kappa shape index (κ2) is 4.58. The van der Waals surface area contributed by atoms with E-state index in [0.29, 0.717) is 10.8 Å². The third-order valence-corrected chi connectivity index (χ3v) is 2.83. The Labute approximate surface area is 111 Å². The lowest BCUT2D eigenvalue weighted by Crippen LogP contribution is -2.34. The van der Waals surface area contributed by atoms with Crippen LogP contribution in [0.5, 0.6) is 0 Å². The Balaban J connectivity index is 2.71. The van der Waals surface area contributed by atoms with Gasteiger partial charge in [-0.2, -0.15) is 0 Å². The van der Waals surface area contributed by atoms with Crippen LogP contribution in [0.1, 0.15) is 20.8 Å². The van der Waals surface area contributed by atoms with Crippen molar-refractivity contribution in [3.8, 4) is 11.3 Å². The van der Waals surface area contributed by atoms with Crippen molar-refractivity contribution in [1.29, 1.82) is 0 Å². The molecule has 0 bridgehead atoms. The van der Waals surface area contributed by atoms with Gasteiger partial charge in [0.1, 0.15) is 10.8 Å². The van der Waals surface area contributed by atoms with Gasteiger partial charge in [-0.05, 0) is 20.8 Å². The highest BCUT2D eigenvalue weighted by Gasteiger charge is 2.18. The first-order valence-corrected chi connectivity index (χ1v) is 6.12. The van der Waals surface area contributed by atoms with E-state index in [1.807, 2.05) is 51.1 Å². The van der Waals surface area contributed by atoms with Gasteiger partial charge in [0.2, 0.25) is 0 Å². The van der Waals surface area contributed by atoms with E-state index < -0.39 is 0 Å². The average molecular weight is 263 g/mol. The maximum atomic E-state index is 12.4. The highest BCUT2D eigenvalue weighted by molar-refractivity contribution is 6.29. The number of hydrogen-bond acceptors (Lipinski definition) is 2. The van der Waals surface area contributed by atoms with E-state index in [9.17, 15) is 4.79 Å². The SMILES string of the molecule is CC(C)(C)n1cc(Cl)nc(-c2ccccc2)c1=O. The Morgan fingerprint density at radius 3 is 2.33 bits per heavy atom. The molecule has 0 saturated heterocycles. The van der Waals surface area contributed by atoms with Gasteiger partial charge in [-0.15, -0.1) is 0 Å². The van der Waals surface area contributed by atoms with Crippen LogP contribution in [0.2, 0.25) is 5.15 Å². The van der Waals surface area contributed by atoms with E-state index in [2.05, 4.69) is 4.98 Å². The molecule has 0 aliphatic rings. The minimum absolute atomic E-state index is 0.127. The molecule has 0 aliphatic heterocycles. The molecule has 1 aromatic carbocycles. The summed E-state index contributed by atoms with van der Waals surface area (Å²) in [7, 11) is 0. The number of halogens is 1. The third-order valence-electron chi connectivity index (χ3n) is 2.65. The van der Waals surface area contributed by atoms with Gasteiger partial charge in [0.25, 0.3) is 5.56 Å². The Bertz CT molecular complexity index is 612. The maximum absolute atomic E-state index is 12.4. The van der Waals surface area contributed by atoms with Gasteiger partial charge in [0, 0.05) is 17.3 Å². The lowest BCUT2D eigenvalue weighted by atomic mass is 10.1. The van der Waals surface area contributed by atoms with Crippen LogP contribution >= 0.6 is 11.6 Å². The van der Waals surface area contributed by atoms with Crippen LogP contribution in [-0.2, 0) is 5.54 Å². The second-order valence-corrected chi connectivity index (χ2v) is 5.51. The van der Waals surface area contributed by atoms with Gasteiger partial charge in [-0.3, -0.25) is 4.79 Å². The smallest absolute Gasteiger partial charge is 0.277 e. The number of nitrogens with zero attached hydrogens (tertiary/aromatic N) is 2. The Morgan fingerprint density at radius 2 is 1.78 bits per heavy atom. The molecule has 1 aromatic heterocycles. The monoisotopic (exact) mass is 262 g/mol. The highest BCUT2D eigenvalue weighted by atomic mass is 35.5. The molecule has 2 aromatic rings. The fraction of sp³-hybridized carbons (Fsp3) is 0.286. The van der Waals surface area contributed by atoms with Gasteiger partial charge in [0.15, 0.2) is 0 Å². The molecule has 94 valence electrons. The molecule has 4 heteroatoms. The van der Waals surface area contributed by atoms with Gasteiger partial charge >= 0.3 is 0 Å². The summed E-state index contributed by atoms with van der Waals surface area (Å²) in [6, 6.07) is 9.36. The van der Waals surface area contributed by atoms with Crippen LogP contribution in [-0.4, -0.2) is 9.55 Å². The normalized spacial score (nSPS) is 11.6. The fourth-order valence-corrected chi connectivity index (χ4v) is 1.93. The van der Waals surface area contributed by atoms with E-state index in [0.717, 1.165) is 5.56 Å². The fourth-order valence-electron chi connectivity index (χ4n) is 1.75. The van der Waals surface area contributed by atoms with Gasteiger partial charge in [-0.1, -0.05) is 41.9 Å². The van der Waals surface area contributed by atoms with Crippen molar-refractivity contribution in [2.45, 2.75) is 26.3 Å². The highest BCUT2D eigenvalue weighted by Crippen LogP contribution is 2.18. The second-order valence-electron chi connectivity index (χ2n) is 5.12. The zero-order chi connectivity index (χ0) is 13.3. The summed E-state index contributed by atoms with van der Waals surface area (Å²) >= 11 is 6.01. The Kier molecular flexibility index (Phi) is 3.26. The molecule has 3 nitrogen and oxygen atoms in total. The summed E-state index contributed by atoms with van der Waals surface area (Å²) < 4.78 is 1.62. The summed E-state index contributed by atoms with van der Waals surface area (Å²) in [6.07, 6.45) is 1.58. The van der Waals surface area contributed by atoms with E-state index in [4.69, 9.17) is 11.6 Å². The summed E-state index contributed by atoms with van der Waals surface area (Å²) in [6.45, 7) is 5.87. The van der Waals surface area contributed by atoms with Crippen LogP contribution < -0.4 is 5.56 Å². The van der Waals surface area contributed by atoms with Crippen molar-refractivity contribution in [3.05, 3.63) is 52.0 Å². The Hall–Kier alpha value is -1.61. The van der Waals surface area contributed by atoms with Crippen LogP contribution in [0, 0.1) is 0 Å². The van der Waals surface area contributed by atoms with Gasteiger partial charge in [-0.25, -0.2) is 4.98 Å². The predicted octanol–water partition coefficient (Wildman–Crippen LogP) is 3.32. The van der Waals surface area contributed by atoms with E-state index in [1.54, 1.807) is 10.8 Å². The van der Waals surface area contributed by atoms with Crippen molar-refractivity contribution in [2.75, 3.05) is 0 Å². The van der Waals surface area contributed by atoms with Crippen LogP contribution in [0.25, 0.3) is 11.3 Å². The lowest BCUT2D eigenvalue weighted by Gasteiger charge is -2.23. The first kappa shape index (κ1) is 12.8. The standard InChI is InChI=1S/C14H15ClN2O/c1-14(2,3)17-9-11(15)16-12(13(17)18)10-7-5-4-6-8-10/h4-9H,1-3H3. The summed E-state index contributed by atoms with van der Waals surface area (Å²) in [5, 5.41) is 0.323. The average Bonchev–Trinajstić information content (AvgIpc) is 2.31. The molecule has 0 aliphatic carbocycles. The van der Waals surface area contributed by atoms with Crippen molar-refractivity contribution in [1.82, 2.24) is 9.55 Å². The maximum Gasteiger partial charge on any atom is 0.277 e. The first-order valence-electron chi connectivity index (χ1n) is 5.75. The molecule has 0 spiro atoms. The molecule has 2 rings (SSSR count). The molecular weight excluding hydrogens is 248 g/mol. The molecule has 0 amide bonds. The third kappa shape index (κ3) is 2.46. The molecule has 1 heterocycles. The molecule has 0 fully saturated rings. The summed E-state index contributed by atoms with van der Waals surface area (Å²) in [4.78, 5) is 16.6. The van der Waals surface area contributed by atoms with E-state index >= 15 is 0 Å². The van der Waals surface area contributed by atoms with Crippen molar-refractivity contribution < 1.29 is 0 Å². The summed E-state index contributed by atoms with van der Waals surface area (Å²) in [5.74, 6) is 0. The molecule has 0 atom stereocenters. The topological polar surface area (TPSA) is 34.9 Å². The largest absolute Gasteiger partial charge is 0.305 e. The first-order chi connectivity index (χ1) is 8.39. The van der Waals surface area contributed by atoms with Gasteiger partial charge < -0.3 is 4.57 Å². The minimum atomic E-state index is -0.326. The van der Waals surface area contributed by atoms with Crippen LogP contribution in [0.15, 0.2) is 41.3 Å². The Morgan fingerprint density at radius 1 is 1.17 bits per heavy atom. The number of benzene rings is 1. The number of rotatable bonds is 1. The number of hydrogen-bond donors (Lipinski definition) is 0.